The van der Waals surface area contributed by atoms with Gasteiger partial charge in [-0.05, 0) is 17.5 Å². The van der Waals surface area contributed by atoms with Crippen molar-refractivity contribution in [3.05, 3.63) is 0 Å². The van der Waals surface area contributed by atoms with Gasteiger partial charge in [-0.1, -0.05) is 6.92 Å². The third-order valence-electron chi connectivity index (χ3n) is 0.734. The molecule has 0 radical (unpaired) electrons. The van der Waals surface area contributed by atoms with Crippen LogP contribution in [-0.2, 0) is 26.6 Å². The second kappa shape index (κ2) is 4.91. The minimum absolute atomic E-state index is 0.115. The molecule has 5 nitrogen and oxygen atoms in total. The van der Waals surface area contributed by atoms with Crippen LogP contribution in [0.25, 0.3) is 0 Å². The zero-order valence-electron chi connectivity index (χ0n) is 5.14. The van der Waals surface area contributed by atoms with Crippen LogP contribution in [0.2, 0.25) is 0 Å². The number of rotatable bonds is 4. The molecule has 0 saturated carbocycles. The van der Waals surface area contributed by atoms with Crippen LogP contribution in [-0.4, -0.2) is 23.0 Å². The Morgan fingerprint density at radius 1 is 1.50 bits per heavy atom. The number of hydrogen-bond acceptors (Lipinski definition) is 5. The SMILES string of the molecule is CCC(OS(=O)[O-])S(=O)[O-]. The molecule has 0 aromatic rings. The van der Waals surface area contributed by atoms with Gasteiger partial charge in [0.15, 0.2) is 0 Å². The molecule has 0 aromatic heterocycles. The molecular formula is C3H6O5S2-2. The van der Waals surface area contributed by atoms with Crippen LogP contribution in [0.15, 0.2) is 0 Å². The molecule has 0 aliphatic carbocycles. The van der Waals surface area contributed by atoms with Crippen LogP contribution in [0.1, 0.15) is 13.3 Å². The summed E-state index contributed by atoms with van der Waals surface area (Å²) in [5.41, 5.74) is -1.25. The molecule has 62 valence electrons. The molecule has 3 unspecified atom stereocenters. The van der Waals surface area contributed by atoms with Gasteiger partial charge < -0.3 is 9.11 Å². The molecule has 0 rings (SSSR count). The van der Waals surface area contributed by atoms with Gasteiger partial charge in [-0.25, -0.2) is 4.21 Å². The summed E-state index contributed by atoms with van der Waals surface area (Å²) in [6, 6.07) is 0. The van der Waals surface area contributed by atoms with Crippen LogP contribution in [0.5, 0.6) is 0 Å². The lowest BCUT2D eigenvalue weighted by atomic mass is 10.5. The zero-order chi connectivity index (χ0) is 8.15. The van der Waals surface area contributed by atoms with E-state index in [2.05, 4.69) is 4.18 Å². The first kappa shape index (κ1) is 10.2. The molecule has 0 fully saturated rings. The molecule has 0 N–H and O–H groups in total. The molecule has 0 aliphatic rings. The summed E-state index contributed by atoms with van der Waals surface area (Å²) in [6.45, 7) is 1.51. The standard InChI is InChI=1S/C3H8O5S2/c1-2-3(9(4)5)8-10(6)7/h3H,2H2,1H3,(H,4,5)(H,6,7)/p-2. The average molecular weight is 186 g/mol. The fourth-order valence-electron chi connectivity index (χ4n) is 0.324. The highest BCUT2D eigenvalue weighted by Crippen LogP contribution is 2.02. The monoisotopic (exact) mass is 186 g/mol. The van der Waals surface area contributed by atoms with Gasteiger partial charge in [-0.3, -0.25) is 8.39 Å². The van der Waals surface area contributed by atoms with Crippen molar-refractivity contribution in [2.45, 2.75) is 18.8 Å². The summed E-state index contributed by atoms with van der Waals surface area (Å²) in [5, 5.41) is 0. The molecular weight excluding hydrogens is 180 g/mol. The van der Waals surface area contributed by atoms with Crippen molar-refractivity contribution >= 4 is 22.4 Å². The van der Waals surface area contributed by atoms with Crippen molar-refractivity contribution in [3.63, 3.8) is 0 Å². The molecule has 0 bridgehead atoms. The van der Waals surface area contributed by atoms with Gasteiger partial charge in [-0.2, -0.15) is 0 Å². The number of hydrogen-bond donors (Lipinski definition) is 0. The molecule has 3 atom stereocenters. The van der Waals surface area contributed by atoms with Crippen molar-refractivity contribution in [3.8, 4) is 0 Å². The molecule has 0 aromatic carbocycles. The Bertz CT molecular complexity index is 146. The van der Waals surface area contributed by atoms with Crippen molar-refractivity contribution in [1.29, 1.82) is 0 Å². The molecule has 0 saturated heterocycles. The highest BCUT2D eigenvalue weighted by molar-refractivity contribution is 7.81. The largest absolute Gasteiger partial charge is 0.770 e. The van der Waals surface area contributed by atoms with Gasteiger partial charge >= 0.3 is 0 Å². The Morgan fingerprint density at radius 3 is 2.10 bits per heavy atom. The van der Waals surface area contributed by atoms with Gasteiger partial charge in [0.2, 0.25) is 0 Å². The van der Waals surface area contributed by atoms with Crippen LogP contribution >= 0.6 is 0 Å². The summed E-state index contributed by atoms with van der Waals surface area (Å²) < 4.78 is 43.7. The maximum Gasteiger partial charge on any atom is 0.135 e. The highest BCUT2D eigenvalue weighted by atomic mass is 32.2. The predicted octanol–water partition coefficient (Wildman–Crippen LogP) is -0.588. The van der Waals surface area contributed by atoms with Crippen LogP contribution < -0.4 is 0 Å². The molecule has 0 spiro atoms. The first-order valence-electron chi connectivity index (χ1n) is 2.42. The van der Waals surface area contributed by atoms with E-state index in [9.17, 15) is 17.5 Å². The highest BCUT2D eigenvalue weighted by Gasteiger charge is 2.05. The van der Waals surface area contributed by atoms with E-state index >= 15 is 0 Å². The van der Waals surface area contributed by atoms with E-state index in [1.807, 2.05) is 0 Å². The molecule has 0 amide bonds. The van der Waals surface area contributed by atoms with Gasteiger partial charge in [0.1, 0.15) is 5.44 Å². The topological polar surface area (TPSA) is 89.5 Å². The van der Waals surface area contributed by atoms with Crippen molar-refractivity contribution in [1.82, 2.24) is 0 Å². The van der Waals surface area contributed by atoms with Crippen molar-refractivity contribution in [2.75, 3.05) is 0 Å². The Kier molecular flexibility index (Phi) is 5.00. The molecule has 7 heteroatoms. The first-order valence-corrected chi connectivity index (χ1v) is 4.56. The Hall–Kier alpha value is 0.180. The molecule has 0 aliphatic heterocycles. The maximum absolute atomic E-state index is 10.1. The van der Waals surface area contributed by atoms with E-state index in [1.54, 1.807) is 0 Å². The quantitative estimate of drug-likeness (QED) is 0.547. The second-order valence-corrected chi connectivity index (χ2v) is 3.05. The smallest absolute Gasteiger partial charge is 0.135 e. The lowest BCUT2D eigenvalue weighted by molar-refractivity contribution is 0.256. The van der Waals surface area contributed by atoms with Crippen molar-refractivity contribution < 1.29 is 21.7 Å². The molecule has 10 heavy (non-hydrogen) atoms. The summed E-state index contributed by atoms with van der Waals surface area (Å²) >= 11 is -5.25. The van der Waals surface area contributed by atoms with E-state index in [-0.39, 0.29) is 6.42 Å². The van der Waals surface area contributed by atoms with E-state index in [0.29, 0.717) is 0 Å². The van der Waals surface area contributed by atoms with E-state index in [0.717, 1.165) is 0 Å². The summed E-state index contributed by atoms with van der Waals surface area (Å²) in [7, 11) is 0. The Morgan fingerprint density at radius 2 is 2.00 bits per heavy atom. The van der Waals surface area contributed by atoms with Crippen molar-refractivity contribution in [2.24, 2.45) is 0 Å². The van der Waals surface area contributed by atoms with E-state index in [4.69, 9.17) is 0 Å². The van der Waals surface area contributed by atoms with Crippen LogP contribution in [0, 0.1) is 0 Å². The van der Waals surface area contributed by atoms with E-state index < -0.39 is 27.9 Å². The first-order chi connectivity index (χ1) is 4.57. The fourth-order valence-corrected chi connectivity index (χ4v) is 1.36. The van der Waals surface area contributed by atoms with Crippen LogP contribution in [0.4, 0.5) is 0 Å². The third kappa shape index (κ3) is 4.07. The van der Waals surface area contributed by atoms with Crippen LogP contribution in [0.3, 0.4) is 0 Å². The second-order valence-electron chi connectivity index (χ2n) is 1.40. The van der Waals surface area contributed by atoms with E-state index in [1.165, 1.54) is 6.92 Å². The lowest BCUT2D eigenvalue weighted by Gasteiger charge is -2.18. The van der Waals surface area contributed by atoms with Gasteiger partial charge in [0, 0.05) is 0 Å². The summed E-state index contributed by atoms with van der Waals surface area (Å²) in [4.78, 5) is 0. The maximum atomic E-state index is 10.1. The van der Waals surface area contributed by atoms with Gasteiger partial charge in [0.05, 0.1) is 11.4 Å². The minimum atomic E-state index is -2.76. The average Bonchev–Trinajstić information content (AvgIpc) is 1.81. The third-order valence-corrected chi connectivity index (χ3v) is 2.10. The minimum Gasteiger partial charge on any atom is -0.770 e. The summed E-state index contributed by atoms with van der Waals surface area (Å²) in [5.74, 6) is 0. The Balaban J connectivity index is 3.83. The Labute approximate surface area is 63.5 Å². The normalized spacial score (nSPS) is 19.9. The lowest BCUT2D eigenvalue weighted by Crippen LogP contribution is -2.18. The van der Waals surface area contributed by atoms with Gasteiger partial charge in [-0.15, -0.1) is 0 Å². The van der Waals surface area contributed by atoms with Gasteiger partial charge in [0.25, 0.3) is 0 Å². The predicted molar refractivity (Wildman–Crippen MR) is 33.0 cm³/mol. The fraction of sp³-hybridized carbons (Fsp3) is 1.00. The zero-order valence-corrected chi connectivity index (χ0v) is 6.78. The summed E-state index contributed by atoms with van der Waals surface area (Å²) in [6.07, 6.45) is 0.115. The molecule has 0 heterocycles.